The summed E-state index contributed by atoms with van der Waals surface area (Å²) >= 11 is 1.27. The van der Waals surface area contributed by atoms with Gasteiger partial charge in [0, 0.05) is 18.2 Å². The number of carbonyl (C=O) groups is 1. The molecule has 27 heavy (non-hydrogen) atoms. The van der Waals surface area contributed by atoms with Crippen LogP contribution in [-0.2, 0) is 17.8 Å². The van der Waals surface area contributed by atoms with Crippen molar-refractivity contribution in [3.05, 3.63) is 65.2 Å². The zero-order valence-corrected chi connectivity index (χ0v) is 15.9. The van der Waals surface area contributed by atoms with E-state index in [0.29, 0.717) is 33.9 Å². The minimum Gasteiger partial charge on any atom is -0.497 e. The molecule has 5 nitrogen and oxygen atoms in total. The van der Waals surface area contributed by atoms with Crippen LogP contribution in [0.25, 0.3) is 10.2 Å². The molecule has 2 aromatic carbocycles. The van der Waals surface area contributed by atoms with Crippen molar-refractivity contribution in [1.82, 2.24) is 4.57 Å². The number of fused-ring (bicyclic) bond motifs is 1. The number of halogens is 1. The molecule has 0 unspecified atom stereocenters. The summed E-state index contributed by atoms with van der Waals surface area (Å²) in [6, 6.07) is 10.1. The Hall–Kier alpha value is -2.93. The molecule has 0 aliphatic carbocycles. The maximum atomic E-state index is 14.2. The van der Waals surface area contributed by atoms with E-state index in [2.05, 4.69) is 11.6 Å². The number of para-hydroxylation sites is 1. The molecule has 0 saturated heterocycles. The summed E-state index contributed by atoms with van der Waals surface area (Å²) in [5.74, 6) is 0.502. The summed E-state index contributed by atoms with van der Waals surface area (Å²) in [5, 5.41) is 0. The number of allylic oxidation sites excluding steroid dienone is 1. The summed E-state index contributed by atoms with van der Waals surface area (Å²) < 4.78 is 27.1. The second-order valence-corrected chi connectivity index (χ2v) is 6.74. The van der Waals surface area contributed by atoms with Crippen LogP contribution in [0.15, 0.2) is 54.0 Å². The standard InChI is InChI=1S/C20H19FN2O3S/c1-4-10-23-19-15(21)6-5-7-17(19)27-20(23)22-18(24)11-13-8-9-14(25-2)12-16(13)26-3/h4-9,12H,1,10-11H2,2-3H3. The third-order valence-corrected chi connectivity index (χ3v) is 5.06. The topological polar surface area (TPSA) is 52.8 Å². The number of thiazole rings is 1. The molecular formula is C20H19FN2O3S. The van der Waals surface area contributed by atoms with Crippen molar-refractivity contribution < 1.29 is 18.7 Å². The van der Waals surface area contributed by atoms with Crippen LogP contribution >= 0.6 is 11.3 Å². The predicted octanol–water partition coefficient (Wildman–Crippen LogP) is 3.72. The molecule has 0 fully saturated rings. The Morgan fingerprint density at radius 2 is 2.11 bits per heavy atom. The highest BCUT2D eigenvalue weighted by Crippen LogP contribution is 2.25. The molecule has 0 N–H and O–H groups in total. The van der Waals surface area contributed by atoms with Gasteiger partial charge in [-0.3, -0.25) is 4.79 Å². The Bertz CT molecular complexity index is 1070. The molecule has 1 aromatic heterocycles. The van der Waals surface area contributed by atoms with Crippen molar-refractivity contribution in [1.29, 1.82) is 0 Å². The van der Waals surface area contributed by atoms with Crippen molar-refractivity contribution in [2.24, 2.45) is 4.99 Å². The molecule has 0 radical (unpaired) electrons. The number of amides is 1. The van der Waals surface area contributed by atoms with Crippen LogP contribution in [0.1, 0.15) is 5.56 Å². The van der Waals surface area contributed by atoms with E-state index in [-0.39, 0.29) is 18.1 Å². The summed E-state index contributed by atoms with van der Waals surface area (Å²) in [4.78, 5) is 17.2. The van der Waals surface area contributed by atoms with Crippen LogP contribution in [0.5, 0.6) is 11.5 Å². The number of hydrogen-bond donors (Lipinski definition) is 0. The van der Waals surface area contributed by atoms with E-state index in [1.54, 1.807) is 48.1 Å². The largest absolute Gasteiger partial charge is 0.497 e. The number of rotatable bonds is 6. The van der Waals surface area contributed by atoms with Gasteiger partial charge in [-0.25, -0.2) is 4.39 Å². The van der Waals surface area contributed by atoms with Gasteiger partial charge < -0.3 is 14.0 Å². The number of aromatic nitrogens is 1. The quantitative estimate of drug-likeness (QED) is 0.607. The van der Waals surface area contributed by atoms with E-state index in [1.165, 1.54) is 24.5 Å². The van der Waals surface area contributed by atoms with Crippen LogP contribution in [0.4, 0.5) is 4.39 Å². The molecule has 0 bridgehead atoms. The molecular weight excluding hydrogens is 367 g/mol. The Balaban J connectivity index is 2.00. The average Bonchev–Trinajstić information content (AvgIpc) is 3.00. The van der Waals surface area contributed by atoms with Crippen molar-refractivity contribution in [3.63, 3.8) is 0 Å². The van der Waals surface area contributed by atoms with E-state index in [1.807, 2.05) is 0 Å². The first-order chi connectivity index (χ1) is 13.1. The lowest BCUT2D eigenvalue weighted by atomic mass is 10.1. The SMILES string of the molecule is C=CCn1c(=NC(=O)Cc2ccc(OC)cc2OC)sc2cccc(F)c21. The Morgan fingerprint density at radius 1 is 1.30 bits per heavy atom. The van der Waals surface area contributed by atoms with E-state index in [9.17, 15) is 9.18 Å². The molecule has 7 heteroatoms. The first kappa shape index (κ1) is 18.8. The van der Waals surface area contributed by atoms with Crippen molar-refractivity contribution in [2.45, 2.75) is 13.0 Å². The lowest BCUT2D eigenvalue weighted by Gasteiger charge is -2.08. The summed E-state index contributed by atoms with van der Waals surface area (Å²) in [7, 11) is 3.10. The van der Waals surface area contributed by atoms with Gasteiger partial charge in [0.2, 0.25) is 0 Å². The highest BCUT2D eigenvalue weighted by molar-refractivity contribution is 7.16. The van der Waals surface area contributed by atoms with Crippen molar-refractivity contribution in [2.75, 3.05) is 14.2 Å². The van der Waals surface area contributed by atoms with E-state index < -0.39 is 0 Å². The normalized spacial score (nSPS) is 11.6. The third kappa shape index (κ3) is 3.93. The number of hydrogen-bond acceptors (Lipinski definition) is 4. The predicted molar refractivity (Wildman–Crippen MR) is 104 cm³/mol. The highest BCUT2D eigenvalue weighted by Gasteiger charge is 2.13. The molecule has 0 saturated carbocycles. The molecule has 1 amide bonds. The van der Waals surface area contributed by atoms with Gasteiger partial charge in [0.15, 0.2) is 4.80 Å². The van der Waals surface area contributed by atoms with E-state index >= 15 is 0 Å². The van der Waals surface area contributed by atoms with E-state index in [0.717, 1.165) is 4.70 Å². The van der Waals surface area contributed by atoms with Gasteiger partial charge in [-0.2, -0.15) is 4.99 Å². The van der Waals surface area contributed by atoms with Gasteiger partial charge in [0.25, 0.3) is 5.91 Å². The second-order valence-electron chi connectivity index (χ2n) is 5.73. The third-order valence-electron chi connectivity index (χ3n) is 4.02. The van der Waals surface area contributed by atoms with Gasteiger partial charge in [-0.05, 0) is 18.2 Å². The fraction of sp³-hybridized carbons (Fsp3) is 0.200. The maximum absolute atomic E-state index is 14.2. The first-order valence-electron chi connectivity index (χ1n) is 8.24. The summed E-state index contributed by atoms with van der Waals surface area (Å²) in [5.41, 5.74) is 1.13. The zero-order valence-electron chi connectivity index (χ0n) is 15.1. The molecule has 3 aromatic rings. The molecule has 1 heterocycles. The Kier molecular flexibility index (Phi) is 5.71. The Labute approximate surface area is 160 Å². The molecule has 0 aliphatic rings. The number of carbonyl (C=O) groups excluding carboxylic acids is 1. The second kappa shape index (κ2) is 8.18. The minimum atomic E-state index is -0.351. The van der Waals surface area contributed by atoms with Gasteiger partial charge >= 0.3 is 0 Å². The molecule has 0 spiro atoms. The fourth-order valence-corrected chi connectivity index (χ4v) is 3.85. The maximum Gasteiger partial charge on any atom is 0.252 e. The number of benzene rings is 2. The van der Waals surface area contributed by atoms with Crippen LogP contribution in [0.3, 0.4) is 0 Å². The lowest BCUT2D eigenvalue weighted by Crippen LogP contribution is -2.17. The van der Waals surface area contributed by atoms with Gasteiger partial charge in [-0.1, -0.05) is 29.5 Å². The number of ether oxygens (including phenoxy) is 2. The smallest absolute Gasteiger partial charge is 0.252 e. The van der Waals surface area contributed by atoms with Crippen LogP contribution in [-0.4, -0.2) is 24.7 Å². The van der Waals surface area contributed by atoms with Gasteiger partial charge in [-0.15, -0.1) is 6.58 Å². The van der Waals surface area contributed by atoms with E-state index in [4.69, 9.17) is 9.47 Å². The molecule has 0 atom stereocenters. The highest BCUT2D eigenvalue weighted by atomic mass is 32.1. The molecule has 3 rings (SSSR count). The van der Waals surface area contributed by atoms with Crippen LogP contribution in [0, 0.1) is 5.82 Å². The Morgan fingerprint density at radius 3 is 2.81 bits per heavy atom. The van der Waals surface area contributed by atoms with Crippen LogP contribution < -0.4 is 14.3 Å². The van der Waals surface area contributed by atoms with Crippen molar-refractivity contribution >= 4 is 27.5 Å². The number of methoxy groups -OCH3 is 2. The monoisotopic (exact) mass is 386 g/mol. The fourth-order valence-electron chi connectivity index (χ4n) is 2.78. The lowest BCUT2D eigenvalue weighted by molar-refractivity contribution is -0.117. The van der Waals surface area contributed by atoms with Crippen molar-refractivity contribution in [3.8, 4) is 11.5 Å². The zero-order chi connectivity index (χ0) is 19.4. The summed E-state index contributed by atoms with van der Waals surface area (Å²) in [6.45, 7) is 4.07. The number of nitrogens with zero attached hydrogens (tertiary/aromatic N) is 2. The van der Waals surface area contributed by atoms with Crippen LogP contribution in [0.2, 0.25) is 0 Å². The van der Waals surface area contributed by atoms with Gasteiger partial charge in [0.05, 0.1) is 30.9 Å². The average molecular weight is 386 g/mol. The molecule has 0 aliphatic heterocycles. The van der Waals surface area contributed by atoms with Gasteiger partial charge in [0.1, 0.15) is 17.3 Å². The summed E-state index contributed by atoms with van der Waals surface area (Å²) in [6.07, 6.45) is 1.71. The molecule has 140 valence electrons. The first-order valence-corrected chi connectivity index (χ1v) is 9.06. The minimum absolute atomic E-state index is 0.0674.